The SMILES string of the molecule is CCN(CC(C)(C)CN)c1ccc(C)c([N+](=O)[O-])c1. The molecule has 0 saturated carbocycles. The number of benzene rings is 1. The van der Waals surface area contributed by atoms with Crippen LogP contribution in [0.2, 0.25) is 0 Å². The molecule has 0 aliphatic carbocycles. The van der Waals surface area contributed by atoms with E-state index in [1.165, 1.54) is 0 Å². The second kappa shape index (κ2) is 6.02. The van der Waals surface area contributed by atoms with Crippen molar-refractivity contribution in [2.24, 2.45) is 11.1 Å². The van der Waals surface area contributed by atoms with Crippen LogP contribution in [0.5, 0.6) is 0 Å². The van der Waals surface area contributed by atoms with Gasteiger partial charge in [0.25, 0.3) is 5.69 Å². The molecule has 0 radical (unpaired) electrons. The first-order chi connectivity index (χ1) is 8.80. The fraction of sp³-hybridized carbons (Fsp3) is 0.571. The Bertz CT molecular complexity index is 458. The Balaban J connectivity index is 3.06. The molecule has 0 aliphatic heterocycles. The first-order valence-corrected chi connectivity index (χ1v) is 6.51. The zero-order chi connectivity index (χ0) is 14.6. The van der Waals surface area contributed by atoms with Crippen LogP contribution < -0.4 is 10.6 Å². The van der Waals surface area contributed by atoms with E-state index in [2.05, 4.69) is 18.7 Å². The number of rotatable bonds is 6. The fourth-order valence-electron chi connectivity index (χ4n) is 1.96. The number of aryl methyl sites for hydroxylation is 1. The lowest BCUT2D eigenvalue weighted by Gasteiger charge is -2.32. The van der Waals surface area contributed by atoms with Crippen LogP contribution in [0.15, 0.2) is 18.2 Å². The van der Waals surface area contributed by atoms with Crippen LogP contribution in [0.25, 0.3) is 0 Å². The summed E-state index contributed by atoms with van der Waals surface area (Å²) in [4.78, 5) is 12.8. The van der Waals surface area contributed by atoms with E-state index >= 15 is 0 Å². The van der Waals surface area contributed by atoms with Gasteiger partial charge in [0.1, 0.15) is 0 Å². The van der Waals surface area contributed by atoms with E-state index in [1.807, 2.05) is 13.0 Å². The molecule has 0 saturated heterocycles. The Morgan fingerprint density at radius 1 is 1.42 bits per heavy atom. The van der Waals surface area contributed by atoms with Crippen LogP contribution in [-0.4, -0.2) is 24.6 Å². The van der Waals surface area contributed by atoms with E-state index in [4.69, 9.17) is 5.73 Å². The highest BCUT2D eigenvalue weighted by Gasteiger charge is 2.21. The Labute approximate surface area is 114 Å². The number of hydrogen-bond acceptors (Lipinski definition) is 4. The van der Waals surface area contributed by atoms with E-state index in [0.717, 1.165) is 18.8 Å². The molecule has 0 unspecified atom stereocenters. The molecule has 1 aromatic carbocycles. The average Bonchev–Trinajstić information content (AvgIpc) is 2.36. The summed E-state index contributed by atoms with van der Waals surface area (Å²) in [6, 6.07) is 5.37. The average molecular weight is 265 g/mol. The Kier molecular flexibility index (Phi) is 4.89. The van der Waals surface area contributed by atoms with Gasteiger partial charge in [-0.15, -0.1) is 0 Å². The highest BCUT2D eigenvalue weighted by Crippen LogP contribution is 2.27. The number of nitrogens with zero attached hydrogens (tertiary/aromatic N) is 2. The third-order valence-electron chi connectivity index (χ3n) is 3.31. The van der Waals surface area contributed by atoms with Crippen LogP contribution in [0.3, 0.4) is 0 Å². The van der Waals surface area contributed by atoms with E-state index in [9.17, 15) is 10.1 Å². The first kappa shape index (κ1) is 15.4. The Morgan fingerprint density at radius 3 is 2.53 bits per heavy atom. The summed E-state index contributed by atoms with van der Waals surface area (Å²) in [5.74, 6) is 0. The van der Waals surface area contributed by atoms with Crippen molar-refractivity contribution in [2.75, 3.05) is 24.5 Å². The molecular weight excluding hydrogens is 242 g/mol. The van der Waals surface area contributed by atoms with Crippen LogP contribution in [0.4, 0.5) is 11.4 Å². The number of anilines is 1. The highest BCUT2D eigenvalue weighted by atomic mass is 16.6. The van der Waals surface area contributed by atoms with Gasteiger partial charge >= 0.3 is 0 Å². The summed E-state index contributed by atoms with van der Waals surface area (Å²) in [5.41, 5.74) is 7.46. The molecule has 1 rings (SSSR count). The maximum absolute atomic E-state index is 11.0. The van der Waals surface area contributed by atoms with Crippen molar-refractivity contribution in [2.45, 2.75) is 27.7 Å². The molecule has 5 nitrogen and oxygen atoms in total. The summed E-state index contributed by atoms with van der Waals surface area (Å²) in [6.45, 7) is 10.1. The minimum Gasteiger partial charge on any atom is -0.371 e. The summed E-state index contributed by atoms with van der Waals surface area (Å²) >= 11 is 0. The number of hydrogen-bond donors (Lipinski definition) is 1. The van der Waals surface area contributed by atoms with Crippen molar-refractivity contribution in [1.82, 2.24) is 0 Å². The van der Waals surface area contributed by atoms with Crippen molar-refractivity contribution in [3.63, 3.8) is 0 Å². The maximum atomic E-state index is 11.0. The van der Waals surface area contributed by atoms with Crippen molar-refractivity contribution < 1.29 is 4.92 Å². The second-order valence-electron chi connectivity index (χ2n) is 5.61. The van der Waals surface area contributed by atoms with Crippen LogP contribution >= 0.6 is 0 Å². The molecule has 0 bridgehead atoms. The lowest BCUT2D eigenvalue weighted by atomic mass is 9.93. The summed E-state index contributed by atoms with van der Waals surface area (Å²) in [5, 5.41) is 11.0. The molecule has 5 heteroatoms. The summed E-state index contributed by atoms with van der Waals surface area (Å²) in [6.07, 6.45) is 0. The standard InChI is InChI=1S/C14H23N3O2/c1-5-16(10-14(3,4)9-15)12-7-6-11(2)13(8-12)17(18)19/h6-8H,5,9-10,15H2,1-4H3. The largest absolute Gasteiger partial charge is 0.371 e. The van der Waals surface area contributed by atoms with Crippen molar-refractivity contribution >= 4 is 11.4 Å². The number of nitro groups is 1. The zero-order valence-electron chi connectivity index (χ0n) is 12.1. The molecule has 0 heterocycles. The topological polar surface area (TPSA) is 72.4 Å². The third kappa shape index (κ3) is 3.92. The van der Waals surface area contributed by atoms with Crippen LogP contribution in [0, 0.1) is 22.5 Å². The predicted octanol–water partition coefficient (Wildman–Crippen LogP) is 2.71. The van der Waals surface area contributed by atoms with Gasteiger partial charge in [0.15, 0.2) is 0 Å². The maximum Gasteiger partial charge on any atom is 0.274 e. The van der Waals surface area contributed by atoms with Gasteiger partial charge in [-0.3, -0.25) is 10.1 Å². The van der Waals surface area contributed by atoms with Gasteiger partial charge in [0.05, 0.1) is 4.92 Å². The van der Waals surface area contributed by atoms with Crippen LogP contribution in [-0.2, 0) is 0 Å². The Hall–Kier alpha value is -1.62. The molecule has 0 atom stereocenters. The van der Waals surface area contributed by atoms with Crippen molar-refractivity contribution in [3.05, 3.63) is 33.9 Å². The quantitative estimate of drug-likeness (QED) is 0.634. The van der Waals surface area contributed by atoms with E-state index in [0.29, 0.717) is 12.1 Å². The first-order valence-electron chi connectivity index (χ1n) is 6.51. The summed E-state index contributed by atoms with van der Waals surface area (Å²) < 4.78 is 0. The minimum absolute atomic E-state index is 0.0182. The van der Waals surface area contributed by atoms with Crippen LogP contribution in [0.1, 0.15) is 26.3 Å². The molecular formula is C14H23N3O2. The van der Waals surface area contributed by atoms with Gasteiger partial charge in [-0.1, -0.05) is 19.9 Å². The molecule has 0 fully saturated rings. The number of nitro benzene ring substituents is 1. The lowest BCUT2D eigenvalue weighted by molar-refractivity contribution is -0.385. The molecule has 0 spiro atoms. The van der Waals surface area contributed by atoms with Gasteiger partial charge in [-0.05, 0) is 31.9 Å². The third-order valence-corrected chi connectivity index (χ3v) is 3.31. The molecule has 2 N–H and O–H groups in total. The van der Waals surface area contributed by atoms with Crippen molar-refractivity contribution in [3.8, 4) is 0 Å². The highest BCUT2D eigenvalue weighted by molar-refractivity contribution is 5.56. The Morgan fingerprint density at radius 2 is 2.05 bits per heavy atom. The van der Waals surface area contributed by atoms with E-state index in [1.54, 1.807) is 19.1 Å². The lowest BCUT2D eigenvalue weighted by Crippen LogP contribution is -2.38. The van der Waals surface area contributed by atoms with Crippen molar-refractivity contribution in [1.29, 1.82) is 0 Å². The summed E-state index contributed by atoms with van der Waals surface area (Å²) in [7, 11) is 0. The molecule has 19 heavy (non-hydrogen) atoms. The molecule has 1 aromatic rings. The van der Waals surface area contributed by atoms with E-state index in [-0.39, 0.29) is 16.0 Å². The molecule has 0 amide bonds. The predicted molar refractivity (Wildman–Crippen MR) is 78.6 cm³/mol. The van der Waals surface area contributed by atoms with Gasteiger partial charge in [0.2, 0.25) is 0 Å². The number of nitrogens with two attached hydrogens (primary N) is 1. The fourth-order valence-corrected chi connectivity index (χ4v) is 1.96. The second-order valence-corrected chi connectivity index (χ2v) is 5.61. The van der Waals surface area contributed by atoms with E-state index < -0.39 is 0 Å². The van der Waals surface area contributed by atoms with Gasteiger partial charge in [-0.25, -0.2) is 0 Å². The molecule has 0 aliphatic rings. The minimum atomic E-state index is -0.333. The zero-order valence-corrected chi connectivity index (χ0v) is 12.1. The monoisotopic (exact) mass is 265 g/mol. The normalized spacial score (nSPS) is 11.4. The van der Waals surface area contributed by atoms with Gasteiger partial charge in [-0.2, -0.15) is 0 Å². The van der Waals surface area contributed by atoms with Gasteiger partial charge in [0, 0.05) is 30.4 Å². The molecule has 106 valence electrons. The van der Waals surface area contributed by atoms with Gasteiger partial charge < -0.3 is 10.6 Å². The molecule has 0 aromatic heterocycles. The smallest absolute Gasteiger partial charge is 0.274 e.